The zero-order valence-corrected chi connectivity index (χ0v) is 40.4. The molecule has 6 rings (SSSR count). The first kappa shape index (κ1) is 55.2. The van der Waals surface area contributed by atoms with E-state index in [-0.39, 0.29) is 94.8 Å². The number of nitriles is 1. The summed E-state index contributed by atoms with van der Waals surface area (Å²) < 4.78 is 33.6. The van der Waals surface area contributed by atoms with Crippen LogP contribution in [0.4, 0.5) is 8.78 Å². The number of nitrogens with zero attached hydrogens (tertiary/aromatic N) is 7. The molecule has 0 unspecified atom stereocenters. The predicted octanol–water partition coefficient (Wildman–Crippen LogP) is 1.54. The first-order valence-corrected chi connectivity index (χ1v) is 24.2. The Labute approximate surface area is 420 Å². The number of pyridine rings is 1. The molecule has 1 saturated carbocycles. The fourth-order valence-corrected chi connectivity index (χ4v) is 9.13. The predicted molar refractivity (Wildman–Crippen MR) is 261 cm³/mol. The van der Waals surface area contributed by atoms with Gasteiger partial charge in [-0.15, -0.1) is 0 Å². The van der Waals surface area contributed by atoms with Crippen molar-refractivity contribution in [3.8, 4) is 11.8 Å². The standard InChI is InChI=1S/C50H62F2N10O11/c51-50(52)26-38(27-53)62(33-50)44(64)28-56-49(72)40-13-14-54-42-12-5-35(25-41(40)42)2-1-34-3-10-39(11-4-34)73-24-15-55-48(71)36-6-8-37(9-7-36)57-43(63)29-58-16-18-59(30-45(65)66)20-22-61(32-47(69)70)23-21-60(19-17-58)31-46(67)68/h1-5,10-14,25,36-38H,6-9,15-24,26,28-33H2,(H,55,71)(H,56,72)(H,57,63)(H,65,66)(H,67,68)(H,69,70)/b2-1+/t36?,37?,38-/m0/s1. The molecule has 1 aliphatic carbocycles. The van der Waals surface area contributed by atoms with Crippen LogP contribution in [0.2, 0.25) is 0 Å². The largest absolute Gasteiger partial charge is 0.492 e. The van der Waals surface area contributed by atoms with E-state index < -0.39 is 61.2 Å². The van der Waals surface area contributed by atoms with E-state index in [2.05, 4.69) is 20.9 Å². The maximum Gasteiger partial charge on any atom is 0.317 e. The first-order chi connectivity index (χ1) is 34.9. The molecule has 23 heteroatoms. The van der Waals surface area contributed by atoms with E-state index in [9.17, 15) is 62.9 Å². The van der Waals surface area contributed by atoms with Gasteiger partial charge in [0.05, 0.1) is 63.0 Å². The highest BCUT2D eigenvalue weighted by molar-refractivity contribution is 6.07. The summed E-state index contributed by atoms with van der Waals surface area (Å²) in [4.78, 5) is 98.9. The molecule has 3 aliphatic rings. The third-order valence-corrected chi connectivity index (χ3v) is 13.0. The number of halogens is 2. The number of carboxylic acids is 3. The van der Waals surface area contributed by atoms with E-state index in [4.69, 9.17) is 4.74 Å². The number of carbonyl (C=O) groups is 7. The van der Waals surface area contributed by atoms with Gasteiger partial charge < -0.3 is 40.9 Å². The third kappa shape index (κ3) is 17.6. The highest BCUT2D eigenvalue weighted by Crippen LogP contribution is 2.32. The molecule has 0 spiro atoms. The number of aliphatic carboxylic acids is 3. The van der Waals surface area contributed by atoms with Crippen LogP contribution >= 0.6 is 0 Å². The number of nitrogens with one attached hydrogen (secondary N) is 3. The maximum atomic E-state index is 13.8. The molecule has 3 fully saturated rings. The average molecular weight is 1020 g/mol. The van der Waals surface area contributed by atoms with Crippen molar-refractivity contribution < 1.29 is 62.4 Å². The topological polar surface area (TPSA) is 278 Å². The van der Waals surface area contributed by atoms with E-state index in [1.54, 1.807) is 45.0 Å². The molecule has 2 aliphatic heterocycles. The van der Waals surface area contributed by atoms with Crippen LogP contribution in [0.25, 0.3) is 23.1 Å². The molecule has 392 valence electrons. The van der Waals surface area contributed by atoms with E-state index in [1.165, 1.54) is 12.3 Å². The Hall–Kier alpha value is -7.13. The molecule has 2 saturated heterocycles. The fraction of sp³-hybridized carbons (Fsp3) is 0.500. The van der Waals surface area contributed by atoms with Gasteiger partial charge in [-0.1, -0.05) is 30.4 Å². The SMILES string of the molecule is N#C[C@@H]1CC(F)(F)CN1C(=O)CNC(=O)c1ccnc2ccc(/C=C/c3ccc(OCCNC(=O)C4CCC(NC(=O)CN5CCN(CC(=O)O)CCN(CC(=O)O)CCN(CC(=O)O)CC5)CC4)cc3)cc12. The Morgan fingerprint density at radius 1 is 0.740 bits per heavy atom. The summed E-state index contributed by atoms with van der Waals surface area (Å²) in [5, 5.41) is 46.6. The number of rotatable bonds is 19. The van der Waals surface area contributed by atoms with Crippen LogP contribution in [0, 0.1) is 17.2 Å². The lowest BCUT2D eigenvalue weighted by molar-refractivity contribution is -0.140. The van der Waals surface area contributed by atoms with Gasteiger partial charge >= 0.3 is 17.9 Å². The number of hydrogen-bond donors (Lipinski definition) is 6. The minimum Gasteiger partial charge on any atom is -0.492 e. The normalized spacial score (nSPS) is 20.6. The molecule has 2 aromatic carbocycles. The number of amides is 4. The molecular formula is C50H62F2N10O11. The van der Waals surface area contributed by atoms with Gasteiger partial charge in [-0.2, -0.15) is 5.26 Å². The number of hydrogen-bond acceptors (Lipinski definition) is 14. The summed E-state index contributed by atoms with van der Waals surface area (Å²) in [6.45, 7) is 0.703. The van der Waals surface area contributed by atoms with Crippen LogP contribution in [-0.2, 0) is 28.8 Å². The molecule has 3 aromatic rings. The van der Waals surface area contributed by atoms with Crippen LogP contribution < -0.4 is 20.7 Å². The lowest BCUT2D eigenvalue weighted by atomic mass is 9.85. The molecule has 0 radical (unpaired) electrons. The molecule has 1 aromatic heterocycles. The number of aromatic nitrogens is 1. The van der Waals surface area contributed by atoms with Crippen molar-refractivity contribution in [2.24, 2.45) is 5.92 Å². The number of carbonyl (C=O) groups excluding carboxylic acids is 4. The van der Waals surface area contributed by atoms with Crippen LogP contribution in [0.15, 0.2) is 54.7 Å². The van der Waals surface area contributed by atoms with Gasteiger partial charge in [0, 0.05) is 82.3 Å². The van der Waals surface area contributed by atoms with E-state index in [0.29, 0.717) is 68.5 Å². The van der Waals surface area contributed by atoms with Crippen molar-refractivity contribution in [3.05, 3.63) is 71.4 Å². The second-order valence-electron chi connectivity index (χ2n) is 18.5. The molecular weight excluding hydrogens is 955 g/mol. The summed E-state index contributed by atoms with van der Waals surface area (Å²) in [5.74, 6) is -7.58. The number of carboxylic acid groups (broad SMARTS) is 3. The Kier molecular flexibility index (Phi) is 20.1. The fourth-order valence-electron chi connectivity index (χ4n) is 9.13. The van der Waals surface area contributed by atoms with Gasteiger partial charge in [-0.05, 0) is 67.1 Å². The highest BCUT2D eigenvalue weighted by Gasteiger charge is 2.47. The lowest BCUT2D eigenvalue weighted by Crippen LogP contribution is -2.50. The van der Waals surface area contributed by atoms with Crippen molar-refractivity contribution in [3.63, 3.8) is 0 Å². The summed E-state index contributed by atoms with van der Waals surface area (Å²) in [5.41, 5.74) is 2.38. The Morgan fingerprint density at radius 2 is 1.29 bits per heavy atom. The highest BCUT2D eigenvalue weighted by atomic mass is 19.3. The number of fused-ring (bicyclic) bond motifs is 1. The van der Waals surface area contributed by atoms with Gasteiger partial charge in [0.1, 0.15) is 18.4 Å². The molecule has 73 heavy (non-hydrogen) atoms. The third-order valence-electron chi connectivity index (χ3n) is 13.0. The maximum absolute atomic E-state index is 13.8. The van der Waals surface area contributed by atoms with E-state index in [1.807, 2.05) is 35.3 Å². The van der Waals surface area contributed by atoms with Gasteiger partial charge in [0.25, 0.3) is 11.8 Å². The van der Waals surface area contributed by atoms with Crippen molar-refractivity contribution in [2.45, 2.75) is 50.1 Å². The Bertz CT molecular complexity index is 2490. The van der Waals surface area contributed by atoms with Crippen LogP contribution in [0.5, 0.6) is 5.75 Å². The average Bonchev–Trinajstić information content (AvgIpc) is 3.68. The minimum absolute atomic E-state index is 0.0123. The van der Waals surface area contributed by atoms with E-state index >= 15 is 0 Å². The van der Waals surface area contributed by atoms with Gasteiger partial charge in [0.15, 0.2) is 0 Å². The molecule has 3 heterocycles. The van der Waals surface area contributed by atoms with Crippen LogP contribution in [0.1, 0.15) is 53.6 Å². The zero-order chi connectivity index (χ0) is 52.5. The monoisotopic (exact) mass is 1020 g/mol. The van der Waals surface area contributed by atoms with Crippen molar-refractivity contribution >= 4 is 64.6 Å². The lowest BCUT2D eigenvalue weighted by Gasteiger charge is -2.33. The van der Waals surface area contributed by atoms with Crippen LogP contribution in [-0.4, -0.2) is 209 Å². The quantitative estimate of drug-likeness (QED) is 0.0734. The summed E-state index contributed by atoms with van der Waals surface area (Å²) in [6.07, 6.45) is 6.80. The molecule has 21 nitrogen and oxygen atoms in total. The summed E-state index contributed by atoms with van der Waals surface area (Å²) >= 11 is 0. The number of benzene rings is 2. The van der Waals surface area contributed by atoms with Crippen molar-refractivity contribution in [2.75, 3.05) is 105 Å². The summed E-state index contributed by atoms with van der Waals surface area (Å²) in [6, 6.07) is 14.5. The molecule has 0 bridgehead atoms. The molecule has 6 N–H and O–H groups in total. The summed E-state index contributed by atoms with van der Waals surface area (Å²) in [7, 11) is 0. The number of likely N-dealkylation sites (tertiary alicyclic amines) is 1. The Morgan fingerprint density at radius 3 is 1.85 bits per heavy atom. The minimum atomic E-state index is -3.17. The molecule has 1 atom stereocenters. The van der Waals surface area contributed by atoms with Gasteiger partial charge in [-0.25, -0.2) is 8.78 Å². The number of alkyl halides is 2. The van der Waals surface area contributed by atoms with Crippen molar-refractivity contribution in [1.82, 2.24) is 45.4 Å². The van der Waals surface area contributed by atoms with Crippen LogP contribution in [0.3, 0.4) is 0 Å². The Balaban J connectivity index is 0.909. The smallest absolute Gasteiger partial charge is 0.317 e. The second kappa shape index (κ2) is 26.5. The molecule has 4 amide bonds. The van der Waals surface area contributed by atoms with Gasteiger partial charge in [-0.3, -0.25) is 58.1 Å². The second-order valence-corrected chi connectivity index (χ2v) is 18.5. The zero-order valence-electron chi connectivity index (χ0n) is 40.4. The van der Waals surface area contributed by atoms with Crippen molar-refractivity contribution in [1.29, 1.82) is 5.26 Å². The number of ether oxygens (including phenoxy) is 1. The van der Waals surface area contributed by atoms with Gasteiger partial charge in [0.2, 0.25) is 17.7 Å². The first-order valence-electron chi connectivity index (χ1n) is 24.2. The van der Waals surface area contributed by atoms with E-state index in [0.717, 1.165) is 16.0 Å².